The first kappa shape index (κ1) is 10.3. The summed E-state index contributed by atoms with van der Waals surface area (Å²) in [7, 11) is 0. The Kier molecular flexibility index (Phi) is 3.52. The van der Waals surface area contributed by atoms with Crippen molar-refractivity contribution in [3.63, 3.8) is 0 Å². The van der Waals surface area contributed by atoms with Gasteiger partial charge in [0.2, 0.25) is 5.91 Å². The van der Waals surface area contributed by atoms with Crippen molar-refractivity contribution in [1.82, 2.24) is 5.32 Å². The number of carbonyl (C=O) groups is 1. The average molecular weight is 181 g/mol. The highest BCUT2D eigenvalue weighted by atomic mass is 16.1. The van der Waals surface area contributed by atoms with Gasteiger partial charge in [-0.25, -0.2) is 0 Å². The van der Waals surface area contributed by atoms with Gasteiger partial charge in [-0.15, -0.1) is 0 Å². The fourth-order valence-corrected chi connectivity index (χ4v) is 1.90. The van der Waals surface area contributed by atoms with Crippen LogP contribution in [0.5, 0.6) is 0 Å². The standard InChI is InChI=1S/C11H19NO/c1-8(2)10-4-6-11(7-5-10)12-9(3)13/h11H,4-7H2,1-3H3,(H,12,13). The molecule has 1 saturated carbocycles. The molecule has 1 fully saturated rings. The molecule has 13 heavy (non-hydrogen) atoms. The van der Waals surface area contributed by atoms with Crippen LogP contribution in [0.2, 0.25) is 0 Å². The molecule has 0 bridgehead atoms. The summed E-state index contributed by atoms with van der Waals surface area (Å²) in [6.45, 7) is 5.94. The molecule has 1 aliphatic carbocycles. The predicted molar refractivity (Wildman–Crippen MR) is 54.4 cm³/mol. The fourth-order valence-electron chi connectivity index (χ4n) is 1.90. The van der Waals surface area contributed by atoms with E-state index in [-0.39, 0.29) is 5.91 Å². The van der Waals surface area contributed by atoms with Crippen LogP contribution in [0.4, 0.5) is 0 Å². The molecular formula is C11H19NO. The summed E-state index contributed by atoms with van der Waals surface area (Å²) < 4.78 is 0. The van der Waals surface area contributed by atoms with E-state index in [2.05, 4.69) is 19.2 Å². The second kappa shape index (κ2) is 4.45. The van der Waals surface area contributed by atoms with Gasteiger partial charge >= 0.3 is 0 Å². The zero-order chi connectivity index (χ0) is 9.84. The van der Waals surface area contributed by atoms with Crippen LogP contribution in [-0.2, 0) is 4.79 Å². The Morgan fingerprint density at radius 2 is 1.77 bits per heavy atom. The Bertz CT molecular complexity index is 216. The SMILES string of the molecule is CC(=O)NC1CCC(=C(C)C)CC1. The van der Waals surface area contributed by atoms with Crippen LogP contribution in [0.15, 0.2) is 11.1 Å². The van der Waals surface area contributed by atoms with Crippen LogP contribution in [0.25, 0.3) is 0 Å². The Hall–Kier alpha value is -0.790. The topological polar surface area (TPSA) is 29.1 Å². The summed E-state index contributed by atoms with van der Waals surface area (Å²) in [6, 6.07) is 0.417. The summed E-state index contributed by atoms with van der Waals surface area (Å²) >= 11 is 0. The van der Waals surface area contributed by atoms with E-state index in [1.807, 2.05) is 0 Å². The number of allylic oxidation sites excluding steroid dienone is 2. The van der Waals surface area contributed by atoms with Gasteiger partial charge in [0, 0.05) is 13.0 Å². The van der Waals surface area contributed by atoms with Crippen LogP contribution >= 0.6 is 0 Å². The lowest BCUT2D eigenvalue weighted by Gasteiger charge is -2.25. The molecule has 1 rings (SSSR count). The van der Waals surface area contributed by atoms with Crippen molar-refractivity contribution in [2.24, 2.45) is 0 Å². The van der Waals surface area contributed by atoms with Crippen LogP contribution < -0.4 is 5.32 Å². The second-order valence-electron chi connectivity index (χ2n) is 4.08. The van der Waals surface area contributed by atoms with Crippen LogP contribution in [-0.4, -0.2) is 11.9 Å². The third kappa shape index (κ3) is 3.21. The van der Waals surface area contributed by atoms with Gasteiger partial charge in [0.25, 0.3) is 0 Å². The van der Waals surface area contributed by atoms with Crippen molar-refractivity contribution in [2.75, 3.05) is 0 Å². The minimum Gasteiger partial charge on any atom is -0.354 e. The first-order valence-corrected chi connectivity index (χ1v) is 5.02. The molecule has 0 spiro atoms. The maximum Gasteiger partial charge on any atom is 0.217 e. The van der Waals surface area contributed by atoms with E-state index in [4.69, 9.17) is 0 Å². The summed E-state index contributed by atoms with van der Waals surface area (Å²) in [5.41, 5.74) is 3.04. The van der Waals surface area contributed by atoms with Crippen molar-refractivity contribution in [3.05, 3.63) is 11.1 Å². The molecule has 0 aliphatic heterocycles. The van der Waals surface area contributed by atoms with Gasteiger partial charge in [0.15, 0.2) is 0 Å². The molecule has 2 heteroatoms. The largest absolute Gasteiger partial charge is 0.354 e. The summed E-state index contributed by atoms with van der Waals surface area (Å²) in [5, 5.41) is 2.98. The number of amides is 1. The van der Waals surface area contributed by atoms with Crippen LogP contribution in [0.1, 0.15) is 46.5 Å². The number of nitrogens with one attached hydrogen (secondary N) is 1. The first-order chi connectivity index (χ1) is 6.09. The smallest absolute Gasteiger partial charge is 0.217 e. The van der Waals surface area contributed by atoms with E-state index in [0.29, 0.717) is 6.04 Å². The molecule has 2 nitrogen and oxygen atoms in total. The number of carbonyl (C=O) groups excluding carboxylic acids is 1. The van der Waals surface area contributed by atoms with Crippen LogP contribution in [0, 0.1) is 0 Å². The summed E-state index contributed by atoms with van der Waals surface area (Å²) in [5.74, 6) is 0.102. The monoisotopic (exact) mass is 181 g/mol. The highest BCUT2D eigenvalue weighted by Crippen LogP contribution is 2.25. The van der Waals surface area contributed by atoms with Gasteiger partial charge < -0.3 is 5.32 Å². The lowest BCUT2D eigenvalue weighted by molar-refractivity contribution is -0.119. The lowest BCUT2D eigenvalue weighted by Crippen LogP contribution is -2.34. The minimum absolute atomic E-state index is 0.102. The summed E-state index contributed by atoms with van der Waals surface area (Å²) in [4.78, 5) is 10.8. The quantitative estimate of drug-likeness (QED) is 0.618. The molecule has 0 aromatic rings. The Balaban J connectivity index is 2.39. The Morgan fingerprint density at radius 1 is 1.23 bits per heavy atom. The molecule has 0 radical (unpaired) electrons. The molecule has 0 heterocycles. The maximum absolute atomic E-state index is 10.8. The predicted octanol–water partition coefficient (Wildman–Crippen LogP) is 2.40. The van der Waals surface area contributed by atoms with E-state index in [9.17, 15) is 4.79 Å². The van der Waals surface area contributed by atoms with Crippen molar-refractivity contribution < 1.29 is 4.79 Å². The fraction of sp³-hybridized carbons (Fsp3) is 0.727. The van der Waals surface area contributed by atoms with Gasteiger partial charge in [-0.1, -0.05) is 11.1 Å². The van der Waals surface area contributed by atoms with E-state index in [1.54, 1.807) is 12.5 Å². The molecule has 1 N–H and O–H groups in total. The van der Waals surface area contributed by atoms with Gasteiger partial charge in [0.1, 0.15) is 0 Å². The molecular weight excluding hydrogens is 162 g/mol. The molecule has 0 aromatic heterocycles. The number of rotatable bonds is 1. The molecule has 74 valence electrons. The van der Waals surface area contributed by atoms with E-state index in [0.717, 1.165) is 25.7 Å². The first-order valence-electron chi connectivity index (χ1n) is 5.02. The zero-order valence-corrected chi connectivity index (χ0v) is 8.81. The van der Waals surface area contributed by atoms with Crippen molar-refractivity contribution in [2.45, 2.75) is 52.5 Å². The highest BCUT2D eigenvalue weighted by Gasteiger charge is 2.17. The van der Waals surface area contributed by atoms with Crippen LogP contribution in [0.3, 0.4) is 0 Å². The van der Waals surface area contributed by atoms with E-state index < -0.39 is 0 Å². The number of hydrogen-bond donors (Lipinski definition) is 1. The Labute approximate surface area is 80.4 Å². The summed E-state index contributed by atoms with van der Waals surface area (Å²) in [6.07, 6.45) is 4.54. The molecule has 0 atom stereocenters. The van der Waals surface area contributed by atoms with E-state index >= 15 is 0 Å². The van der Waals surface area contributed by atoms with Crippen molar-refractivity contribution >= 4 is 5.91 Å². The normalized spacial score (nSPS) is 22.7. The third-order valence-corrected chi connectivity index (χ3v) is 2.70. The van der Waals surface area contributed by atoms with Crippen molar-refractivity contribution in [1.29, 1.82) is 0 Å². The van der Waals surface area contributed by atoms with Gasteiger partial charge in [-0.3, -0.25) is 4.79 Å². The zero-order valence-electron chi connectivity index (χ0n) is 8.81. The van der Waals surface area contributed by atoms with Gasteiger partial charge in [-0.05, 0) is 39.5 Å². The molecule has 0 saturated heterocycles. The molecule has 1 amide bonds. The van der Waals surface area contributed by atoms with Gasteiger partial charge in [-0.2, -0.15) is 0 Å². The Morgan fingerprint density at radius 3 is 2.15 bits per heavy atom. The number of hydrogen-bond acceptors (Lipinski definition) is 1. The van der Waals surface area contributed by atoms with E-state index in [1.165, 1.54) is 5.57 Å². The molecule has 0 aromatic carbocycles. The molecule has 1 aliphatic rings. The maximum atomic E-state index is 10.8. The third-order valence-electron chi connectivity index (χ3n) is 2.70. The van der Waals surface area contributed by atoms with Gasteiger partial charge in [0.05, 0.1) is 0 Å². The van der Waals surface area contributed by atoms with Crippen molar-refractivity contribution in [3.8, 4) is 0 Å². The lowest BCUT2D eigenvalue weighted by atomic mass is 9.88. The molecule has 0 unspecified atom stereocenters. The average Bonchev–Trinajstić information content (AvgIpc) is 2.04. The second-order valence-corrected chi connectivity index (χ2v) is 4.08. The highest BCUT2D eigenvalue weighted by molar-refractivity contribution is 5.73. The minimum atomic E-state index is 0.102.